The van der Waals surface area contributed by atoms with Crippen molar-refractivity contribution in [1.29, 1.82) is 5.26 Å². The zero-order valence-corrected chi connectivity index (χ0v) is 8.78. The monoisotopic (exact) mass is 221 g/mol. The lowest BCUT2D eigenvalue weighted by Crippen LogP contribution is -1.87. The summed E-state index contributed by atoms with van der Waals surface area (Å²) in [6.45, 7) is 0. The molecule has 80 valence electrons. The van der Waals surface area contributed by atoms with Crippen molar-refractivity contribution in [3.8, 4) is 17.3 Å². The number of hydrogen-bond donors (Lipinski definition) is 0. The number of nitrogens with zero attached hydrogens (tertiary/aromatic N) is 5. The molecular formula is C12H7N5. The van der Waals surface area contributed by atoms with Crippen molar-refractivity contribution in [1.82, 2.24) is 19.6 Å². The maximum Gasteiger partial charge on any atom is 0.173 e. The van der Waals surface area contributed by atoms with Crippen LogP contribution in [-0.2, 0) is 0 Å². The van der Waals surface area contributed by atoms with Crippen LogP contribution in [0.4, 0.5) is 0 Å². The molecule has 0 aliphatic heterocycles. The topological polar surface area (TPSA) is 66.9 Å². The molecule has 3 rings (SSSR count). The molecule has 0 saturated heterocycles. The van der Waals surface area contributed by atoms with Crippen LogP contribution in [-0.4, -0.2) is 19.6 Å². The Kier molecular flexibility index (Phi) is 2.06. The lowest BCUT2D eigenvalue weighted by molar-refractivity contribution is 0.943. The van der Waals surface area contributed by atoms with Crippen LogP contribution in [0.2, 0.25) is 0 Å². The number of hydrogen-bond acceptors (Lipinski definition) is 4. The van der Waals surface area contributed by atoms with Gasteiger partial charge in [0.1, 0.15) is 17.3 Å². The van der Waals surface area contributed by atoms with Gasteiger partial charge in [-0.3, -0.25) is 4.98 Å². The molecule has 0 saturated carbocycles. The molecule has 5 nitrogen and oxygen atoms in total. The zero-order valence-electron chi connectivity index (χ0n) is 8.78. The first-order valence-corrected chi connectivity index (χ1v) is 5.04. The smallest absolute Gasteiger partial charge is 0.173 e. The van der Waals surface area contributed by atoms with E-state index in [2.05, 4.69) is 21.1 Å². The fourth-order valence-electron chi connectivity index (χ4n) is 1.70. The summed E-state index contributed by atoms with van der Waals surface area (Å²) in [5.74, 6) is 0. The van der Waals surface area contributed by atoms with Crippen molar-refractivity contribution in [3.63, 3.8) is 0 Å². The van der Waals surface area contributed by atoms with Gasteiger partial charge in [-0.15, -0.1) is 0 Å². The van der Waals surface area contributed by atoms with Crippen molar-refractivity contribution in [3.05, 3.63) is 48.5 Å². The Hall–Kier alpha value is -2.74. The maximum atomic E-state index is 9.21. The highest BCUT2D eigenvalue weighted by molar-refractivity contribution is 5.74. The van der Waals surface area contributed by atoms with Gasteiger partial charge in [0.05, 0.1) is 0 Å². The van der Waals surface area contributed by atoms with Gasteiger partial charge in [0, 0.05) is 30.4 Å². The van der Waals surface area contributed by atoms with Gasteiger partial charge in [0.15, 0.2) is 5.65 Å². The van der Waals surface area contributed by atoms with E-state index in [9.17, 15) is 5.26 Å². The fourth-order valence-corrected chi connectivity index (χ4v) is 1.70. The van der Waals surface area contributed by atoms with Gasteiger partial charge in [0.25, 0.3) is 0 Å². The van der Waals surface area contributed by atoms with Gasteiger partial charge >= 0.3 is 0 Å². The highest BCUT2D eigenvalue weighted by Gasteiger charge is 2.14. The summed E-state index contributed by atoms with van der Waals surface area (Å²) in [5, 5.41) is 13.6. The van der Waals surface area contributed by atoms with Crippen LogP contribution in [0.5, 0.6) is 0 Å². The third-order valence-corrected chi connectivity index (χ3v) is 2.46. The Morgan fingerprint density at radius 2 is 2.00 bits per heavy atom. The summed E-state index contributed by atoms with van der Waals surface area (Å²) in [5.41, 5.74) is 2.55. The molecule has 0 fully saturated rings. The Balaban J connectivity index is 2.35. The minimum absolute atomic E-state index is 0.483. The van der Waals surface area contributed by atoms with Crippen LogP contribution in [0.1, 0.15) is 5.56 Å². The summed E-state index contributed by atoms with van der Waals surface area (Å²) >= 11 is 0. The Labute approximate surface area is 97.0 Å². The van der Waals surface area contributed by atoms with Crippen molar-refractivity contribution in [2.75, 3.05) is 0 Å². The largest absolute Gasteiger partial charge is 0.265 e. The van der Waals surface area contributed by atoms with Crippen LogP contribution in [0.3, 0.4) is 0 Å². The minimum Gasteiger partial charge on any atom is -0.265 e. The van der Waals surface area contributed by atoms with E-state index in [1.165, 1.54) is 0 Å². The molecule has 3 aromatic heterocycles. The first-order chi connectivity index (χ1) is 8.40. The van der Waals surface area contributed by atoms with Crippen molar-refractivity contribution < 1.29 is 0 Å². The number of pyridine rings is 1. The first-order valence-electron chi connectivity index (χ1n) is 5.04. The van der Waals surface area contributed by atoms with E-state index in [0.29, 0.717) is 16.9 Å². The molecule has 17 heavy (non-hydrogen) atoms. The van der Waals surface area contributed by atoms with Gasteiger partial charge in [0.2, 0.25) is 0 Å². The SMILES string of the molecule is N#Cc1c(-c2ccncc2)nn2cccnc12. The van der Waals surface area contributed by atoms with E-state index in [4.69, 9.17) is 0 Å². The van der Waals surface area contributed by atoms with Crippen LogP contribution in [0, 0.1) is 11.3 Å². The summed E-state index contributed by atoms with van der Waals surface area (Å²) in [6, 6.07) is 7.57. The highest BCUT2D eigenvalue weighted by Crippen LogP contribution is 2.23. The lowest BCUT2D eigenvalue weighted by atomic mass is 10.1. The fraction of sp³-hybridized carbons (Fsp3) is 0. The van der Waals surface area contributed by atoms with Crippen LogP contribution >= 0.6 is 0 Å². The first kappa shape index (κ1) is 9.48. The van der Waals surface area contributed by atoms with E-state index in [0.717, 1.165) is 5.56 Å². The molecule has 0 aliphatic carbocycles. The van der Waals surface area contributed by atoms with Gasteiger partial charge in [-0.2, -0.15) is 10.4 Å². The molecule has 3 aromatic rings. The summed E-state index contributed by atoms with van der Waals surface area (Å²) in [7, 11) is 0. The molecule has 5 heteroatoms. The molecule has 0 bridgehead atoms. The Morgan fingerprint density at radius 3 is 2.76 bits per heavy atom. The predicted molar refractivity (Wildman–Crippen MR) is 60.9 cm³/mol. The Morgan fingerprint density at radius 1 is 1.18 bits per heavy atom. The molecule has 0 aliphatic rings. The summed E-state index contributed by atoms with van der Waals surface area (Å²) in [4.78, 5) is 8.11. The molecule has 0 N–H and O–H groups in total. The van der Waals surface area contributed by atoms with E-state index >= 15 is 0 Å². The van der Waals surface area contributed by atoms with E-state index in [1.54, 1.807) is 35.4 Å². The third-order valence-electron chi connectivity index (χ3n) is 2.46. The molecule has 3 heterocycles. The third kappa shape index (κ3) is 1.43. The second-order valence-corrected chi connectivity index (χ2v) is 3.46. The van der Waals surface area contributed by atoms with Crippen molar-refractivity contribution in [2.45, 2.75) is 0 Å². The number of rotatable bonds is 1. The zero-order chi connectivity index (χ0) is 11.7. The summed E-state index contributed by atoms with van der Waals surface area (Å²) in [6.07, 6.45) is 6.77. The standard InChI is InChI=1S/C12H7N5/c13-8-10-11(9-2-5-14-6-3-9)16-17-7-1-4-15-12(10)17/h1-7H. The molecular weight excluding hydrogens is 214 g/mol. The van der Waals surface area contributed by atoms with Crippen LogP contribution in [0.15, 0.2) is 43.0 Å². The van der Waals surface area contributed by atoms with Gasteiger partial charge in [-0.1, -0.05) is 0 Å². The number of nitriles is 1. The van der Waals surface area contributed by atoms with E-state index in [-0.39, 0.29) is 0 Å². The molecule has 0 unspecified atom stereocenters. The minimum atomic E-state index is 0.483. The van der Waals surface area contributed by atoms with Gasteiger partial charge in [-0.25, -0.2) is 9.50 Å². The van der Waals surface area contributed by atoms with E-state index < -0.39 is 0 Å². The maximum absolute atomic E-state index is 9.21. The average molecular weight is 221 g/mol. The van der Waals surface area contributed by atoms with Gasteiger partial charge in [-0.05, 0) is 18.2 Å². The lowest BCUT2D eigenvalue weighted by Gasteiger charge is -1.94. The predicted octanol–water partition coefficient (Wildman–Crippen LogP) is 1.66. The molecule has 0 aromatic carbocycles. The second-order valence-electron chi connectivity index (χ2n) is 3.46. The highest BCUT2D eigenvalue weighted by atomic mass is 15.2. The molecule has 0 spiro atoms. The molecule has 0 amide bonds. The second kappa shape index (κ2) is 3.68. The van der Waals surface area contributed by atoms with Crippen LogP contribution < -0.4 is 0 Å². The quantitative estimate of drug-likeness (QED) is 0.626. The van der Waals surface area contributed by atoms with Gasteiger partial charge < -0.3 is 0 Å². The van der Waals surface area contributed by atoms with Crippen LogP contribution in [0.25, 0.3) is 16.9 Å². The molecule has 0 radical (unpaired) electrons. The average Bonchev–Trinajstić information content (AvgIpc) is 2.78. The molecule has 0 atom stereocenters. The number of fused-ring (bicyclic) bond motifs is 1. The van der Waals surface area contributed by atoms with E-state index in [1.807, 2.05) is 12.1 Å². The Bertz CT molecular complexity index is 709. The van der Waals surface area contributed by atoms with Crippen molar-refractivity contribution in [2.24, 2.45) is 0 Å². The number of aromatic nitrogens is 4. The van der Waals surface area contributed by atoms with Crippen molar-refractivity contribution >= 4 is 5.65 Å². The normalized spacial score (nSPS) is 10.3. The summed E-state index contributed by atoms with van der Waals surface area (Å²) < 4.78 is 1.61.